The summed E-state index contributed by atoms with van der Waals surface area (Å²) in [5.41, 5.74) is 5.78. The van der Waals surface area contributed by atoms with E-state index < -0.39 is 10.0 Å². The molecule has 4 rings (SSSR count). The van der Waals surface area contributed by atoms with Crippen LogP contribution in [0.5, 0.6) is 0 Å². The molecule has 0 bridgehead atoms. The lowest BCUT2D eigenvalue weighted by Crippen LogP contribution is -2.29. The molecule has 1 atom stereocenters. The van der Waals surface area contributed by atoms with E-state index in [0.29, 0.717) is 16.3 Å². The normalized spacial score (nSPS) is 14.1. The van der Waals surface area contributed by atoms with Crippen LogP contribution in [0.25, 0.3) is 0 Å². The molecule has 0 spiro atoms. The SMILES string of the molecule is CC[C@@H](NC(=O)c1ccc(CN(c2cccc(Cl)c2)S(C)(=O)=O)cc1)c1ccc2c(c1)CCCC2. The maximum Gasteiger partial charge on any atom is 0.251 e. The third-order valence-electron chi connectivity index (χ3n) is 6.53. The van der Waals surface area contributed by atoms with Crippen molar-refractivity contribution in [1.29, 1.82) is 0 Å². The third-order valence-corrected chi connectivity index (χ3v) is 7.90. The first kappa shape index (κ1) is 25.3. The summed E-state index contributed by atoms with van der Waals surface area (Å²) in [7, 11) is -3.52. The molecular weight excluding hydrogens is 480 g/mol. The topological polar surface area (TPSA) is 66.5 Å². The van der Waals surface area contributed by atoms with E-state index in [1.807, 2.05) is 0 Å². The van der Waals surface area contributed by atoms with E-state index in [1.165, 1.54) is 34.5 Å². The number of aryl methyl sites for hydroxylation is 2. The summed E-state index contributed by atoms with van der Waals surface area (Å²) in [6.45, 7) is 2.22. The first-order chi connectivity index (χ1) is 16.7. The van der Waals surface area contributed by atoms with Crippen molar-refractivity contribution in [3.05, 3.63) is 99.6 Å². The van der Waals surface area contributed by atoms with E-state index in [1.54, 1.807) is 48.5 Å². The Labute approximate surface area is 213 Å². The summed E-state index contributed by atoms with van der Waals surface area (Å²) in [6.07, 6.45) is 6.68. The van der Waals surface area contributed by atoms with Crippen molar-refractivity contribution < 1.29 is 13.2 Å². The number of hydrogen-bond acceptors (Lipinski definition) is 3. The van der Waals surface area contributed by atoms with E-state index in [-0.39, 0.29) is 18.5 Å². The minimum absolute atomic E-state index is 0.0574. The lowest BCUT2D eigenvalue weighted by molar-refractivity contribution is 0.0935. The van der Waals surface area contributed by atoms with Crippen molar-refractivity contribution >= 4 is 33.2 Å². The Morgan fingerprint density at radius 1 is 1.00 bits per heavy atom. The lowest BCUT2D eigenvalue weighted by atomic mass is 9.88. The van der Waals surface area contributed by atoms with E-state index in [2.05, 4.69) is 30.4 Å². The first-order valence-corrected chi connectivity index (χ1v) is 14.2. The summed E-state index contributed by atoms with van der Waals surface area (Å²) in [6, 6.07) is 20.3. The van der Waals surface area contributed by atoms with Gasteiger partial charge in [0.05, 0.1) is 24.5 Å². The number of anilines is 1. The van der Waals surface area contributed by atoms with Gasteiger partial charge in [0.2, 0.25) is 10.0 Å². The van der Waals surface area contributed by atoms with Crippen molar-refractivity contribution in [2.45, 2.75) is 51.6 Å². The molecule has 0 saturated carbocycles. The molecule has 1 aliphatic carbocycles. The molecular formula is C28H31ClN2O3S. The van der Waals surface area contributed by atoms with E-state index in [4.69, 9.17) is 11.6 Å². The summed E-state index contributed by atoms with van der Waals surface area (Å²) in [5.74, 6) is -0.143. The molecule has 0 saturated heterocycles. The van der Waals surface area contributed by atoms with Gasteiger partial charge in [0.1, 0.15) is 0 Å². The Bertz CT molecular complexity index is 1310. The molecule has 35 heavy (non-hydrogen) atoms. The average Bonchev–Trinajstić information content (AvgIpc) is 2.85. The second-order valence-electron chi connectivity index (χ2n) is 9.12. The fourth-order valence-corrected chi connectivity index (χ4v) is 5.66. The van der Waals surface area contributed by atoms with Crippen LogP contribution >= 0.6 is 11.6 Å². The number of benzene rings is 3. The van der Waals surface area contributed by atoms with Gasteiger partial charge in [0, 0.05) is 10.6 Å². The number of carbonyl (C=O) groups excluding carboxylic acids is 1. The van der Waals surface area contributed by atoms with Crippen LogP contribution < -0.4 is 9.62 Å². The van der Waals surface area contributed by atoms with Crippen molar-refractivity contribution in [1.82, 2.24) is 5.32 Å². The highest BCUT2D eigenvalue weighted by Crippen LogP contribution is 2.27. The highest BCUT2D eigenvalue weighted by molar-refractivity contribution is 7.92. The van der Waals surface area contributed by atoms with Crippen LogP contribution in [0, 0.1) is 0 Å². The van der Waals surface area contributed by atoms with Gasteiger partial charge in [0.15, 0.2) is 0 Å². The Morgan fingerprint density at radius 3 is 2.37 bits per heavy atom. The maximum absolute atomic E-state index is 13.0. The van der Waals surface area contributed by atoms with Gasteiger partial charge < -0.3 is 5.32 Å². The Morgan fingerprint density at radius 2 is 1.71 bits per heavy atom. The molecule has 0 radical (unpaired) electrons. The monoisotopic (exact) mass is 510 g/mol. The molecule has 5 nitrogen and oxygen atoms in total. The van der Waals surface area contributed by atoms with Crippen molar-refractivity contribution in [3.8, 4) is 0 Å². The van der Waals surface area contributed by atoms with Crippen LogP contribution in [-0.4, -0.2) is 20.6 Å². The standard InChI is InChI=1S/C28H31ClN2O3S/c1-3-27(24-16-15-21-7-4-5-8-23(21)17-24)30-28(32)22-13-11-20(12-14-22)19-31(35(2,33)34)26-10-6-9-25(29)18-26/h6,9-18,27H,3-5,7-8,19H2,1-2H3,(H,30,32)/t27-/m1/s1. The van der Waals surface area contributed by atoms with Gasteiger partial charge in [-0.1, -0.05) is 54.9 Å². The maximum atomic E-state index is 13.0. The number of halogens is 1. The molecule has 0 aromatic heterocycles. The molecule has 0 fully saturated rings. The number of carbonyl (C=O) groups is 1. The predicted octanol–water partition coefficient (Wildman–Crippen LogP) is 6.07. The molecule has 7 heteroatoms. The van der Waals surface area contributed by atoms with E-state index in [9.17, 15) is 13.2 Å². The second kappa shape index (κ2) is 10.8. The molecule has 0 heterocycles. The smallest absolute Gasteiger partial charge is 0.251 e. The average molecular weight is 511 g/mol. The number of amides is 1. The van der Waals surface area contributed by atoms with Gasteiger partial charge in [-0.2, -0.15) is 0 Å². The zero-order chi connectivity index (χ0) is 25.0. The van der Waals surface area contributed by atoms with Crippen LogP contribution in [0.1, 0.15) is 64.8 Å². The fourth-order valence-electron chi connectivity index (χ4n) is 4.59. The molecule has 1 N–H and O–H groups in total. The first-order valence-electron chi connectivity index (χ1n) is 12.0. The molecule has 3 aromatic rings. The highest BCUT2D eigenvalue weighted by atomic mass is 35.5. The minimum atomic E-state index is -3.52. The Balaban J connectivity index is 1.47. The van der Waals surface area contributed by atoms with Crippen molar-refractivity contribution in [2.24, 2.45) is 0 Å². The second-order valence-corrected chi connectivity index (χ2v) is 11.5. The molecule has 1 aliphatic rings. The van der Waals surface area contributed by atoms with Gasteiger partial charge in [-0.15, -0.1) is 0 Å². The van der Waals surface area contributed by atoms with Gasteiger partial charge >= 0.3 is 0 Å². The van der Waals surface area contributed by atoms with Gasteiger partial charge in [-0.3, -0.25) is 9.10 Å². The Hall–Kier alpha value is -2.83. The summed E-state index contributed by atoms with van der Waals surface area (Å²) in [4.78, 5) is 13.0. The zero-order valence-electron chi connectivity index (χ0n) is 20.1. The molecule has 0 unspecified atom stereocenters. The molecule has 1 amide bonds. The number of nitrogens with zero attached hydrogens (tertiary/aromatic N) is 1. The zero-order valence-corrected chi connectivity index (χ0v) is 21.7. The summed E-state index contributed by atoms with van der Waals surface area (Å²) < 4.78 is 26.1. The van der Waals surface area contributed by atoms with Gasteiger partial charge in [0.25, 0.3) is 5.91 Å². The molecule has 184 valence electrons. The number of nitrogens with one attached hydrogen (secondary N) is 1. The predicted molar refractivity (Wildman–Crippen MR) is 143 cm³/mol. The largest absolute Gasteiger partial charge is 0.345 e. The number of rotatable bonds is 8. The van der Waals surface area contributed by atoms with Gasteiger partial charge in [-0.05, 0) is 84.7 Å². The van der Waals surface area contributed by atoms with Crippen LogP contribution in [0.2, 0.25) is 5.02 Å². The van der Waals surface area contributed by atoms with Crippen LogP contribution in [0.3, 0.4) is 0 Å². The number of fused-ring (bicyclic) bond motifs is 1. The molecule has 0 aliphatic heterocycles. The number of hydrogen-bond donors (Lipinski definition) is 1. The summed E-state index contributed by atoms with van der Waals surface area (Å²) in [5, 5.41) is 3.63. The van der Waals surface area contributed by atoms with Crippen LogP contribution in [0.4, 0.5) is 5.69 Å². The van der Waals surface area contributed by atoms with E-state index in [0.717, 1.165) is 30.4 Å². The van der Waals surface area contributed by atoms with Gasteiger partial charge in [-0.25, -0.2) is 8.42 Å². The third kappa shape index (κ3) is 6.24. The van der Waals surface area contributed by atoms with Crippen molar-refractivity contribution in [3.63, 3.8) is 0 Å². The fraction of sp³-hybridized carbons (Fsp3) is 0.321. The van der Waals surface area contributed by atoms with Crippen molar-refractivity contribution in [2.75, 3.05) is 10.6 Å². The minimum Gasteiger partial charge on any atom is -0.345 e. The highest BCUT2D eigenvalue weighted by Gasteiger charge is 2.20. The summed E-state index contributed by atoms with van der Waals surface area (Å²) >= 11 is 6.06. The molecule has 3 aromatic carbocycles. The van der Waals surface area contributed by atoms with Crippen LogP contribution in [0.15, 0.2) is 66.7 Å². The Kier molecular flexibility index (Phi) is 7.82. The van der Waals surface area contributed by atoms with E-state index >= 15 is 0 Å². The number of sulfonamides is 1. The lowest BCUT2D eigenvalue weighted by Gasteiger charge is -2.23. The van der Waals surface area contributed by atoms with Crippen LogP contribution in [-0.2, 0) is 29.4 Å². The quantitative estimate of drug-likeness (QED) is 0.400.